The maximum Gasteiger partial charge on any atom is 0.0702 e. The summed E-state index contributed by atoms with van der Waals surface area (Å²) in [4.78, 5) is 9.46. The van der Waals surface area contributed by atoms with E-state index in [9.17, 15) is 0 Å². The van der Waals surface area contributed by atoms with Gasteiger partial charge in [0.15, 0.2) is 0 Å². The summed E-state index contributed by atoms with van der Waals surface area (Å²) in [5.41, 5.74) is 18.5. The first-order chi connectivity index (χ1) is 30.2. The summed E-state index contributed by atoms with van der Waals surface area (Å²) >= 11 is 1.89. The first-order valence-electron chi connectivity index (χ1n) is 20.6. The molecule has 8 aromatic carbocycles. The second-order valence-corrected chi connectivity index (χ2v) is 16.4. The third-order valence-corrected chi connectivity index (χ3v) is 13.0. The largest absolute Gasteiger partial charge is 0.256 e. The summed E-state index contributed by atoms with van der Waals surface area (Å²) in [6, 6.07) is 78.1. The van der Waals surface area contributed by atoms with Crippen LogP contribution in [0, 0.1) is 0 Å². The molecule has 0 saturated carbocycles. The molecule has 11 aromatic rings. The van der Waals surface area contributed by atoms with Crippen molar-refractivity contribution in [2.75, 3.05) is 0 Å². The molecule has 3 heterocycles. The Balaban J connectivity index is 0.820. The van der Waals surface area contributed by atoms with Gasteiger partial charge in [-0.1, -0.05) is 206 Å². The fraction of sp³-hybridized carbons (Fsp3) is 0. The Bertz CT molecular complexity index is 3040. The molecule has 0 amide bonds. The lowest BCUT2D eigenvalue weighted by Gasteiger charge is -2.08. The zero-order valence-corrected chi connectivity index (χ0v) is 34.1. The summed E-state index contributed by atoms with van der Waals surface area (Å²) in [5, 5.41) is 2.60. The van der Waals surface area contributed by atoms with E-state index >= 15 is 0 Å². The monoisotopic (exact) mass is 794 g/mol. The summed E-state index contributed by atoms with van der Waals surface area (Å²) < 4.78 is 2.63. The van der Waals surface area contributed by atoms with Crippen molar-refractivity contribution in [1.29, 1.82) is 0 Å². The second-order valence-electron chi connectivity index (χ2n) is 15.4. The minimum absolute atomic E-state index is 0.983. The molecule has 11 rings (SSSR count). The van der Waals surface area contributed by atoms with Crippen LogP contribution in [0.4, 0.5) is 0 Å². The Morgan fingerprint density at radius 1 is 0.230 bits per heavy atom. The van der Waals surface area contributed by atoms with Crippen LogP contribution in [0.1, 0.15) is 0 Å². The number of fused-ring (bicyclic) bond motifs is 3. The van der Waals surface area contributed by atoms with E-state index in [1.54, 1.807) is 0 Å². The highest BCUT2D eigenvalue weighted by Crippen LogP contribution is 2.44. The van der Waals surface area contributed by atoms with Crippen LogP contribution < -0.4 is 0 Å². The zero-order valence-electron chi connectivity index (χ0n) is 33.2. The maximum absolute atomic E-state index is 4.73. The molecule has 0 fully saturated rings. The first kappa shape index (κ1) is 36.4. The number of aromatic nitrogens is 2. The van der Waals surface area contributed by atoms with Gasteiger partial charge in [-0.25, -0.2) is 0 Å². The van der Waals surface area contributed by atoms with Crippen LogP contribution in [-0.4, -0.2) is 9.97 Å². The topological polar surface area (TPSA) is 25.8 Å². The van der Waals surface area contributed by atoms with Crippen LogP contribution in [0.2, 0.25) is 0 Å². The fourth-order valence-corrected chi connectivity index (χ4v) is 9.73. The van der Waals surface area contributed by atoms with Crippen molar-refractivity contribution in [2.24, 2.45) is 0 Å². The van der Waals surface area contributed by atoms with Gasteiger partial charge < -0.3 is 0 Å². The molecule has 286 valence electrons. The maximum atomic E-state index is 4.73. The van der Waals surface area contributed by atoms with Crippen molar-refractivity contribution < 1.29 is 0 Å². The summed E-state index contributed by atoms with van der Waals surface area (Å²) in [5.74, 6) is 0. The molecule has 0 aliphatic carbocycles. The summed E-state index contributed by atoms with van der Waals surface area (Å²) in [6.45, 7) is 0. The van der Waals surface area contributed by atoms with Gasteiger partial charge in [-0.3, -0.25) is 9.97 Å². The van der Waals surface area contributed by atoms with E-state index in [-0.39, 0.29) is 0 Å². The highest BCUT2D eigenvalue weighted by atomic mass is 32.1. The molecular weight excluding hydrogens is 757 g/mol. The van der Waals surface area contributed by atoms with Crippen molar-refractivity contribution >= 4 is 31.5 Å². The van der Waals surface area contributed by atoms with Crippen LogP contribution in [0.3, 0.4) is 0 Å². The van der Waals surface area contributed by atoms with Gasteiger partial charge >= 0.3 is 0 Å². The highest BCUT2D eigenvalue weighted by molar-refractivity contribution is 7.26. The van der Waals surface area contributed by atoms with E-state index in [0.29, 0.717) is 0 Å². The SMILES string of the molecule is c1ccc(-c2ccc(-c3ccc(-c4ccc(-c5cccc6c5sc5c(-c7ccc(-c8ccc(-c9ccc(-c%10ccccc%10)nc9)cc8)cc7)cccc56)cc4)cc3)cn2)cc1. The Kier molecular flexibility index (Phi) is 9.42. The fourth-order valence-electron chi connectivity index (χ4n) is 8.36. The average Bonchev–Trinajstić information content (AvgIpc) is 3.74. The third kappa shape index (κ3) is 7.12. The number of thiophene rings is 1. The Labute approximate surface area is 359 Å². The Hall–Kier alpha value is -7.72. The van der Waals surface area contributed by atoms with Crippen LogP contribution in [0.15, 0.2) is 231 Å². The van der Waals surface area contributed by atoms with E-state index in [0.717, 1.165) is 44.8 Å². The number of hydrogen-bond donors (Lipinski definition) is 0. The molecule has 2 nitrogen and oxygen atoms in total. The summed E-state index contributed by atoms with van der Waals surface area (Å²) in [6.07, 6.45) is 3.93. The third-order valence-electron chi connectivity index (χ3n) is 11.7. The molecule has 0 N–H and O–H groups in total. The van der Waals surface area contributed by atoms with Gasteiger partial charge in [0.05, 0.1) is 11.4 Å². The van der Waals surface area contributed by atoms with Gasteiger partial charge in [-0.15, -0.1) is 11.3 Å². The molecule has 0 aliphatic rings. The predicted molar refractivity (Wildman–Crippen MR) is 258 cm³/mol. The number of hydrogen-bond acceptors (Lipinski definition) is 3. The van der Waals surface area contributed by atoms with Gasteiger partial charge in [0.1, 0.15) is 0 Å². The van der Waals surface area contributed by atoms with Gasteiger partial charge in [0.25, 0.3) is 0 Å². The average molecular weight is 795 g/mol. The quantitative estimate of drug-likeness (QED) is 0.153. The van der Waals surface area contributed by atoms with Crippen molar-refractivity contribution in [1.82, 2.24) is 9.97 Å². The standard InChI is InChI=1S/C58H38N2S/c1-3-9-47(10-4-1)55-35-33-49(37-59-55)43-21-17-39(18-22-43)41-25-29-45(30-26-41)51-13-7-15-53-54-16-8-14-52(58(54)61-57(51)53)46-31-27-42(28-32-46)40-19-23-44(24-20-40)50-34-36-56(60-38-50)48-11-5-2-6-12-48/h1-38H. The molecule has 0 bridgehead atoms. The smallest absolute Gasteiger partial charge is 0.0702 e. The minimum atomic E-state index is 0.983. The van der Waals surface area contributed by atoms with Gasteiger partial charge in [0.2, 0.25) is 0 Å². The van der Waals surface area contributed by atoms with Crippen LogP contribution in [-0.2, 0) is 0 Å². The number of nitrogens with zero attached hydrogens (tertiary/aromatic N) is 2. The van der Waals surface area contributed by atoms with Gasteiger partial charge in [-0.05, 0) is 67.8 Å². The molecule has 0 spiro atoms. The second kappa shape index (κ2) is 15.8. The van der Waals surface area contributed by atoms with E-state index < -0.39 is 0 Å². The molecule has 0 aliphatic heterocycles. The van der Waals surface area contributed by atoms with Crippen LogP contribution >= 0.6 is 11.3 Å². The number of pyridine rings is 2. The molecule has 3 heteroatoms. The van der Waals surface area contributed by atoms with E-state index in [4.69, 9.17) is 9.97 Å². The van der Waals surface area contributed by atoms with Gasteiger partial charge in [0, 0.05) is 54.8 Å². The molecule has 0 atom stereocenters. The molecule has 61 heavy (non-hydrogen) atoms. The molecular formula is C58H38N2S. The van der Waals surface area contributed by atoms with E-state index in [1.807, 2.05) is 60.1 Å². The van der Waals surface area contributed by atoms with Crippen molar-refractivity contribution in [3.63, 3.8) is 0 Å². The summed E-state index contributed by atoms with van der Waals surface area (Å²) in [7, 11) is 0. The van der Waals surface area contributed by atoms with Crippen LogP contribution in [0.5, 0.6) is 0 Å². The van der Waals surface area contributed by atoms with Crippen molar-refractivity contribution in [2.45, 2.75) is 0 Å². The van der Waals surface area contributed by atoms with Crippen molar-refractivity contribution in [3.8, 4) is 89.3 Å². The predicted octanol–water partition coefficient (Wildman–Crippen LogP) is 16.2. The molecule has 3 aromatic heterocycles. The lowest BCUT2D eigenvalue weighted by molar-refractivity contribution is 1.32. The van der Waals surface area contributed by atoms with Gasteiger partial charge in [-0.2, -0.15) is 0 Å². The first-order valence-corrected chi connectivity index (χ1v) is 21.4. The van der Waals surface area contributed by atoms with E-state index in [2.05, 4.69) is 182 Å². The number of benzene rings is 8. The van der Waals surface area contributed by atoms with Crippen molar-refractivity contribution in [3.05, 3.63) is 231 Å². The lowest BCUT2D eigenvalue weighted by atomic mass is 9.96. The molecule has 0 unspecified atom stereocenters. The zero-order chi connectivity index (χ0) is 40.5. The highest BCUT2D eigenvalue weighted by Gasteiger charge is 2.15. The molecule has 0 saturated heterocycles. The van der Waals surface area contributed by atoms with E-state index in [1.165, 1.54) is 64.7 Å². The Morgan fingerprint density at radius 2 is 0.541 bits per heavy atom. The van der Waals surface area contributed by atoms with Crippen LogP contribution in [0.25, 0.3) is 109 Å². The molecule has 0 radical (unpaired) electrons. The number of rotatable bonds is 8. The minimum Gasteiger partial charge on any atom is -0.256 e. The Morgan fingerprint density at radius 3 is 0.869 bits per heavy atom. The normalized spacial score (nSPS) is 11.3. The lowest BCUT2D eigenvalue weighted by Crippen LogP contribution is -1.85.